The SMILES string of the molecule is CCCCNC(=O)C1CSC(c2ccc(F)cc2)N1C(=O)c1ccc(C)cc1. The quantitative estimate of drug-likeness (QED) is 0.735. The molecule has 0 radical (unpaired) electrons. The van der Waals surface area contributed by atoms with E-state index in [9.17, 15) is 14.0 Å². The molecule has 1 N–H and O–H groups in total. The van der Waals surface area contributed by atoms with E-state index >= 15 is 0 Å². The Labute approximate surface area is 169 Å². The Morgan fingerprint density at radius 3 is 2.46 bits per heavy atom. The van der Waals surface area contributed by atoms with E-state index in [4.69, 9.17) is 0 Å². The van der Waals surface area contributed by atoms with Gasteiger partial charge in [0.2, 0.25) is 5.91 Å². The van der Waals surface area contributed by atoms with Crippen LogP contribution in [0.5, 0.6) is 0 Å². The highest BCUT2D eigenvalue weighted by molar-refractivity contribution is 7.99. The van der Waals surface area contributed by atoms with Gasteiger partial charge in [-0.25, -0.2) is 4.39 Å². The van der Waals surface area contributed by atoms with Gasteiger partial charge in [-0.2, -0.15) is 0 Å². The van der Waals surface area contributed by atoms with Crippen molar-refractivity contribution in [1.82, 2.24) is 10.2 Å². The van der Waals surface area contributed by atoms with E-state index in [-0.39, 0.29) is 23.0 Å². The number of rotatable bonds is 6. The van der Waals surface area contributed by atoms with E-state index in [1.165, 1.54) is 23.9 Å². The number of nitrogens with zero attached hydrogens (tertiary/aromatic N) is 1. The lowest BCUT2D eigenvalue weighted by Crippen LogP contribution is -2.48. The average molecular weight is 401 g/mol. The van der Waals surface area contributed by atoms with E-state index in [0.717, 1.165) is 24.0 Å². The topological polar surface area (TPSA) is 49.4 Å². The summed E-state index contributed by atoms with van der Waals surface area (Å²) < 4.78 is 13.4. The van der Waals surface area contributed by atoms with Crippen LogP contribution in [0.4, 0.5) is 4.39 Å². The third kappa shape index (κ3) is 4.55. The van der Waals surface area contributed by atoms with E-state index in [0.29, 0.717) is 17.9 Å². The van der Waals surface area contributed by atoms with Gasteiger partial charge in [-0.05, 0) is 43.2 Å². The standard InChI is InChI=1S/C22H25FN2O2S/c1-3-4-13-24-20(26)19-14-28-22(17-9-11-18(23)12-10-17)25(19)21(27)16-7-5-15(2)6-8-16/h5-12,19,22H,3-4,13-14H2,1-2H3,(H,24,26). The van der Waals surface area contributed by atoms with Gasteiger partial charge in [0.1, 0.15) is 17.2 Å². The van der Waals surface area contributed by atoms with Crippen molar-refractivity contribution < 1.29 is 14.0 Å². The third-order valence-electron chi connectivity index (χ3n) is 4.82. The van der Waals surface area contributed by atoms with Gasteiger partial charge < -0.3 is 10.2 Å². The highest BCUT2D eigenvalue weighted by Crippen LogP contribution is 2.42. The monoisotopic (exact) mass is 400 g/mol. The number of hydrogen-bond donors (Lipinski definition) is 1. The molecular formula is C22H25FN2O2S. The molecule has 3 rings (SSSR count). The van der Waals surface area contributed by atoms with Crippen LogP contribution in [0.25, 0.3) is 0 Å². The molecule has 1 fully saturated rings. The highest BCUT2D eigenvalue weighted by Gasteiger charge is 2.42. The lowest BCUT2D eigenvalue weighted by molar-refractivity contribution is -0.124. The minimum Gasteiger partial charge on any atom is -0.354 e. The largest absolute Gasteiger partial charge is 0.354 e. The molecule has 6 heteroatoms. The Kier molecular flexibility index (Phi) is 6.73. The molecule has 0 aliphatic carbocycles. The van der Waals surface area contributed by atoms with Crippen molar-refractivity contribution in [2.24, 2.45) is 0 Å². The molecule has 148 valence electrons. The molecule has 1 aliphatic heterocycles. The minimum absolute atomic E-state index is 0.133. The second-order valence-electron chi connectivity index (χ2n) is 6.98. The van der Waals surface area contributed by atoms with Crippen LogP contribution >= 0.6 is 11.8 Å². The number of benzene rings is 2. The molecule has 0 bridgehead atoms. The van der Waals surface area contributed by atoms with E-state index in [1.54, 1.807) is 29.2 Å². The summed E-state index contributed by atoms with van der Waals surface area (Å²) in [6.45, 7) is 4.63. The van der Waals surface area contributed by atoms with Crippen molar-refractivity contribution in [3.63, 3.8) is 0 Å². The molecule has 2 aromatic rings. The van der Waals surface area contributed by atoms with Crippen molar-refractivity contribution in [2.75, 3.05) is 12.3 Å². The van der Waals surface area contributed by atoms with Crippen LogP contribution in [0, 0.1) is 12.7 Å². The Morgan fingerprint density at radius 2 is 1.82 bits per heavy atom. The molecule has 1 aliphatic rings. The number of aryl methyl sites for hydroxylation is 1. The molecular weight excluding hydrogens is 375 g/mol. The van der Waals surface area contributed by atoms with Crippen molar-refractivity contribution in [3.05, 3.63) is 71.0 Å². The summed E-state index contributed by atoms with van der Waals surface area (Å²) in [5.41, 5.74) is 2.43. The van der Waals surface area contributed by atoms with Crippen LogP contribution in [0.15, 0.2) is 48.5 Å². The first-order valence-electron chi connectivity index (χ1n) is 9.55. The number of thioether (sulfide) groups is 1. The maximum Gasteiger partial charge on any atom is 0.255 e. The Balaban J connectivity index is 1.89. The number of amides is 2. The van der Waals surface area contributed by atoms with Crippen LogP contribution < -0.4 is 5.32 Å². The van der Waals surface area contributed by atoms with Crippen LogP contribution in [0.3, 0.4) is 0 Å². The van der Waals surface area contributed by atoms with Gasteiger partial charge in [0.15, 0.2) is 0 Å². The van der Waals surface area contributed by atoms with Crippen molar-refractivity contribution in [2.45, 2.75) is 38.1 Å². The van der Waals surface area contributed by atoms with Gasteiger partial charge in [0, 0.05) is 17.9 Å². The first-order chi connectivity index (χ1) is 13.5. The fraction of sp³-hybridized carbons (Fsp3) is 0.364. The summed E-state index contributed by atoms with van der Waals surface area (Å²) in [5, 5.41) is 2.62. The molecule has 1 heterocycles. The number of halogens is 1. The number of carbonyl (C=O) groups is 2. The van der Waals surface area contributed by atoms with Gasteiger partial charge in [0.25, 0.3) is 5.91 Å². The molecule has 2 amide bonds. The van der Waals surface area contributed by atoms with Gasteiger partial charge >= 0.3 is 0 Å². The molecule has 0 spiro atoms. The zero-order valence-electron chi connectivity index (χ0n) is 16.2. The summed E-state index contributed by atoms with van der Waals surface area (Å²) in [6.07, 6.45) is 1.89. The molecule has 0 aromatic heterocycles. The molecule has 4 nitrogen and oxygen atoms in total. The van der Waals surface area contributed by atoms with Gasteiger partial charge in [0.05, 0.1) is 0 Å². The zero-order valence-corrected chi connectivity index (χ0v) is 17.0. The Hall–Kier alpha value is -2.34. The second-order valence-corrected chi connectivity index (χ2v) is 8.09. The van der Waals surface area contributed by atoms with Crippen LogP contribution in [0.1, 0.15) is 46.6 Å². The summed E-state index contributed by atoms with van der Waals surface area (Å²) >= 11 is 1.53. The smallest absolute Gasteiger partial charge is 0.255 e. The van der Waals surface area contributed by atoms with Crippen molar-refractivity contribution in [3.8, 4) is 0 Å². The van der Waals surface area contributed by atoms with Crippen molar-refractivity contribution >= 4 is 23.6 Å². The van der Waals surface area contributed by atoms with Crippen LogP contribution in [0.2, 0.25) is 0 Å². The van der Waals surface area contributed by atoms with E-state index < -0.39 is 6.04 Å². The fourth-order valence-corrected chi connectivity index (χ4v) is 4.62. The maximum atomic E-state index is 13.4. The molecule has 0 saturated carbocycles. The number of nitrogens with one attached hydrogen (secondary N) is 1. The summed E-state index contributed by atoms with van der Waals surface area (Å²) in [4.78, 5) is 27.7. The highest BCUT2D eigenvalue weighted by atomic mass is 32.2. The third-order valence-corrected chi connectivity index (χ3v) is 6.14. The zero-order chi connectivity index (χ0) is 20.1. The van der Waals surface area contributed by atoms with Crippen LogP contribution in [-0.4, -0.2) is 35.1 Å². The van der Waals surface area contributed by atoms with Gasteiger partial charge in [-0.3, -0.25) is 9.59 Å². The summed E-state index contributed by atoms with van der Waals surface area (Å²) in [5.74, 6) is -0.129. The first kappa shape index (κ1) is 20.4. The molecule has 2 atom stereocenters. The van der Waals surface area contributed by atoms with Crippen LogP contribution in [-0.2, 0) is 4.79 Å². The Bertz CT molecular complexity index is 823. The molecule has 2 aromatic carbocycles. The van der Waals surface area contributed by atoms with E-state index in [1.807, 2.05) is 19.1 Å². The predicted molar refractivity (Wildman–Crippen MR) is 111 cm³/mol. The van der Waals surface area contributed by atoms with E-state index in [2.05, 4.69) is 12.2 Å². The predicted octanol–water partition coefficient (Wildman–Crippen LogP) is 4.31. The second kappa shape index (κ2) is 9.24. The summed E-state index contributed by atoms with van der Waals surface area (Å²) in [6, 6.07) is 12.9. The number of carbonyl (C=O) groups excluding carboxylic acids is 2. The summed E-state index contributed by atoms with van der Waals surface area (Å²) in [7, 11) is 0. The van der Waals surface area contributed by atoms with Crippen molar-refractivity contribution in [1.29, 1.82) is 0 Å². The average Bonchev–Trinajstić information content (AvgIpc) is 3.14. The minimum atomic E-state index is -0.550. The first-order valence-corrected chi connectivity index (χ1v) is 10.6. The molecule has 2 unspecified atom stereocenters. The number of unbranched alkanes of at least 4 members (excludes halogenated alkanes) is 1. The Morgan fingerprint density at radius 1 is 1.14 bits per heavy atom. The normalized spacial score (nSPS) is 18.9. The lowest BCUT2D eigenvalue weighted by Gasteiger charge is -2.29. The fourth-order valence-electron chi connectivity index (χ4n) is 3.19. The lowest BCUT2D eigenvalue weighted by atomic mass is 10.1. The molecule has 28 heavy (non-hydrogen) atoms. The maximum absolute atomic E-state index is 13.4. The molecule has 1 saturated heterocycles. The van der Waals surface area contributed by atoms with Gasteiger partial charge in [-0.1, -0.05) is 43.2 Å². The number of hydrogen-bond acceptors (Lipinski definition) is 3. The van der Waals surface area contributed by atoms with Gasteiger partial charge in [-0.15, -0.1) is 11.8 Å².